The molecule has 0 aliphatic carbocycles. The van der Waals surface area contributed by atoms with Crippen LogP contribution in [0.3, 0.4) is 0 Å². The summed E-state index contributed by atoms with van der Waals surface area (Å²) in [5.74, 6) is 0.734. The third-order valence-electron chi connectivity index (χ3n) is 5.73. The standard InChI is InChI=1S/C29H24N2O2S/c1-33-24-14-7-11-22(19-24)20-27-28(32)31(18-17-21-9-3-2-4-10-21)29(34-27)30-26-16-8-13-23-12-5-6-15-25(23)26/h2-16,19-20H,17-18H2,1H3. The van der Waals surface area contributed by atoms with Crippen LogP contribution in [0.4, 0.5) is 5.69 Å². The molecule has 0 radical (unpaired) electrons. The van der Waals surface area contributed by atoms with E-state index in [9.17, 15) is 4.79 Å². The number of hydrogen-bond donors (Lipinski definition) is 0. The first-order valence-electron chi connectivity index (χ1n) is 11.2. The van der Waals surface area contributed by atoms with Crippen molar-refractivity contribution in [3.63, 3.8) is 0 Å². The number of carbonyl (C=O) groups excluding carboxylic acids is 1. The molecule has 5 rings (SSSR count). The summed E-state index contributed by atoms with van der Waals surface area (Å²) in [5, 5.41) is 2.90. The molecule has 1 fully saturated rings. The fourth-order valence-corrected chi connectivity index (χ4v) is 4.98. The monoisotopic (exact) mass is 464 g/mol. The first-order valence-corrected chi connectivity index (χ1v) is 12.0. The zero-order valence-electron chi connectivity index (χ0n) is 18.8. The van der Waals surface area contributed by atoms with Gasteiger partial charge >= 0.3 is 0 Å². The van der Waals surface area contributed by atoms with Crippen LogP contribution in [0.25, 0.3) is 16.8 Å². The second-order valence-electron chi connectivity index (χ2n) is 7.97. The summed E-state index contributed by atoms with van der Waals surface area (Å²) in [6.45, 7) is 0.564. The highest BCUT2D eigenvalue weighted by atomic mass is 32.2. The number of amidine groups is 1. The normalized spacial score (nSPS) is 16.0. The minimum Gasteiger partial charge on any atom is -0.497 e. The van der Waals surface area contributed by atoms with Gasteiger partial charge in [0, 0.05) is 11.9 Å². The Bertz CT molecular complexity index is 1390. The van der Waals surface area contributed by atoms with E-state index in [2.05, 4.69) is 30.3 Å². The number of carbonyl (C=O) groups is 1. The number of thioether (sulfide) groups is 1. The minimum absolute atomic E-state index is 0.0252. The number of fused-ring (bicyclic) bond motifs is 1. The SMILES string of the molecule is COc1cccc(C=C2SC(=Nc3cccc4ccccc34)N(CCc3ccccc3)C2=O)c1. The summed E-state index contributed by atoms with van der Waals surface area (Å²) >= 11 is 1.42. The third kappa shape index (κ3) is 4.75. The molecule has 4 aromatic carbocycles. The van der Waals surface area contributed by atoms with Gasteiger partial charge in [-0.15, -0.1) is 0 Å². The van der Waals surface area contributed by atoms with E-state index in [1.807, 2.05) is 72.8 Å². The molecule has 1 aliphatic heterocycles. The molecule has 1 amide bonds. The number of amides is 1. The van der Waals surface area contributed by atoms with Crippen molar-refractivity contribution in [2.24, 2.45) is 4.99 Å². The van der Waals surface area contributed by atoms with Crippen molar-refractivity contribution in [1.82, 2.24) is 4.90 Å². The van der Waals surface area contributed by atoms with Gasteiger partial charge in [0.15, 0.2) is 5.17 Å². The van der Waals surface area contributed by atoms with Gasteiger partial charge in [0.1, 0.15) is 5.75 Å². The molecule has 4 nitrogen and oxygen atoms in total. The zero-order valence-corrected chi connectivity index (χ0v) is 19.7. The summed E-state index contributed by atoms with van der Waals surface area (Å²) in [6.07, 6.45) is 2.67. The van der Waals surface area contributed by atoms with Crippen molar-refractivity contribution in [3.05, 3.63) is 113 Å². The number of aliphatic imine (C=N–C) groups is 1. The molecule has 0 saturated carbocycles. The molecule has 0 spiro atoms. The van der Waals surface area contributed by atoms with Crippen LogP contribution in [0.5, 0.6) is 5.75 Å². The van der Waals surface area contributed by atoms with Crippen molar-refractivity contribution in [3.8, 4) is 5.75 Å². The van der Waals surface area contributed by atoms with E-state index in [1.165, 1.54) is 17.3 Å². The van der Waals surface area contributed by atoms with E-state index in [4.69, 9.17) is 9.73 Å². The fourth-order valence-electron chi connectivity index (χ4n) is 3.97. The highest BCUT2D eigenvalue weighted by Crippen LogP contribution is 2.36. The van der Waals surface area contributed by atoms with E-state index in [1.54, 1.807) is 12.0 Å². The van der Waals surface area contributed by atoms with Gasteiger partial charge < -0.3 is 4.74 Å². The van der Waals surface area contributed by atoms with Crippen molar-refractivity contribution in [2.75, 3.05) is 13.7 Å². The summed E-state index contributed by atoms with van der Waals surface area (Å²) in [4.78, 5) is 20.9. The molecule has 0 bridgehead atoms. The molecule has 1 aliphatic rings. The molecular formula is C29H24N2O2S. The average molecular weight is 465 g/mol. The van der Waals surface area contributed by atoms with Crippen molar-refractivity contribution in [1.29, 1.82) is 0 Å². The van der Waals surface area contributed by atoms with Crippen molar-refractivity contribution in [2.45, 2.75) is 6.42 Å². The molecule has 0 atom stereocenters. The van der Waals surface area contributed by atoms with Gasteiger partial charge in [0.2, 0.25) is 0 Å². The molecule has 0 aromatic heterocycles. The highest BCUT2D eigenvalue weighted by molar-refractivity contribution is 8.18. The molecule has 168 valence electrons. The maximum absolute atomic E-state index is 13.5. The zero-order chi connectivity index (χ0) is 23.3. The van der Waals surface area contributed by atoms with Gasteiger partial charge in [-0.05, 0) is 59.0 Å². The molecular weight excluding hydrogens is 440 g/mol. The topological polar surface area (TPSA) is 41.9 Å². The maximum Gasteiger partial charge on any atom is 0.266 e. The summed E-state index contributed by atoms with van der Waals surface area (Å²) < 4.78 is 5.34. The van der Waals surface area contributed by atoms with Crippen LogP contribution in [0.1, 0.15) is 11.1 Å². The van der Waals surface area contributed by atoms with Crippen LogP contribution < -0.4 is 4.74 Å². The lowest BCUT2D eigenvalue weighted by molar-refractivity contribution is -0.122. The molecule has 5 heteroatoms. The maximum atomic E-state index is 13.5. The largest absolute Gasteiger partial charge is 0.497 e. The lowest BCUT2D eigenvalue weighted by Crippen LogP contribution is -2.31. The van der Waals surface area contributed by atoms with Gasteiger partial charge in [0.25, 0.3) is 5.91 Å². The number of methoxy groups -OCH3 is 1. The molecule has 0 N–H and O–H groups in total. The molecule has 1 heterocycles. The van der Waals surface area contributed by atoms with Crippen LogP contribution >= 0.6 is 11.8 Å². The third-order valence-corrected chi connectivity index (χ3v) is 6.74. The molecule has 1 saturated heterocycles. The highest BCUT2D eigenvalue weighted by Gasteiger charge is 2.33. The second kappa shape index (κ2) is 9.98. The van der Waals surface area contributed by atoms with E-state index < -0.39 is 0 Å². The summed E-state index contributed by atoms with van der Waals surface area (Å²) in [7, 11) is 1.64. The predicted octanol–water partition coefficient (Wildman–Crippen LogP) is 6.70. The molecule has 34 heavy (non-hydrogen) atoms. The number of benzene rings is 4. The number of hydrogen-bond acceptors (Lipinski definition) is 4. The van der Waals surface area contributed by atoms with E-state index in [-0.39, 0.29) is 5.91 Å². The minimum atomic E-state index is -0.0252. The number of rotatable bonds is 6. The van der Waals surface area contributed by atoms with Gasteiger partial charge in [-0.25, -0.2) is 4.99 Å². The van der Waals surface area contributed by atoms with Gasteiger partial charge in [-0.1, -0.05) is 78.9 Å². The van der Waals surface area contributed by atoms with E-state index in [0.717, 1.165) is 34.2 Å². The van der Waals surface area contributed by atoms with Crippen LogP contribution in [0, 0.1) is 0 Å². The second-order valence-corrected chi connectivity index (χ2v) is 8.98. The van der Waals surface area contributed by atoms with Gasteiger partial charge in [-0.2, -0.15) is 0 Å². The quantitative estimate of drug-likeness (QED) is 0.298. The Morgan fingerprint density at radius 1 is 0.912 bits per heavy atom. The van der Waals surface area contributed by atoms with E-state index >= 15 is 0 Å². The van der Waals surface area contributed by atoms with Crippen LogP contribution in [-0.4, -0.2) is 29.6 Å². The fraction of sp³-hybridized carbons (Fsp3) is 0.103. The Morgan fingerprint density at radius 3 is 2.53 bits per heavy atom. The first kappa shape index (κ1) is 22.0. The Kier molecular flexibility index (Phi) is 6.45. The number of ether oxygens (including phenoxy) is 1. The lowest BCUT2D eigenvalue weighted by atomic mass is 10.1. The van der Waals surface area contributed by atoms with Crippen LogP contribution in [-0.2, 0) is 11.2 Å². The Balaban J connectivity index is 1.52. The average Bonchev–Trinajstić information content (AvgIpc) is 3.17. The first-order chi connectivity index (χ1) is 16.7. The summed E-state index contributed by atoms with van der Waals surface area (Å²) in [5.41, 5.74) is 2.97. The molecule has 4 aromatic rings. The Hall–Kier alpha value is -3.83. The van der Waals surface area contributed by atoms with Crippen LogP contribution in [0.15, 0.2) is 107 Å². The Labute approximate surface area is 203 Å². The van der Waals surface area contributed by atoms with Gasteiger partial charge in [0.05, 0.1) is 17.7 Å². The van der Waals surface area contributed by atoms with Gasteiger partial charge in [-0.3, -0.25) is 9.69 Å². The number of nitrogens with zero attached hydrogens (tertiary/aromatic N) is 2. The smallest absolute Gasteiger partial charge is 0.266 e. The van der Waals surface area contributed by atoms with Crippen molar-refractivity contribution < 1.29 is 9.53 Å². The van der Waals surface area contributed by atoms with Crippen molar-refractivity contribution >= 4 is 45.4 Å². The predicted molar refractivity (Wildman–Crippen MR) is 141 cm³/mol. The summed E-state index contributed by atoms with van der Waals surface area (Å²) in [6, 6.07) is 32.2. The lowest BCUT2D eigenvalue weighted by Gasteiger charge is -2.16. The molecule has 0 unspecified atom stereocenters. The van der Waals surface area contributed by atoms with E-state index in [0.29, 0.717) is 16.6 Å². The van der Waals surface area contributed by atoms with Crippen LogP contribution in [0.2, 0.25) is 0 Å². The Morgan fingerprint density at radius 2 is 1.68 bits per heavy atom.